The molecule has 0 unspecified atom stereocenters. The van der Waals surface area contributed by atoms with Gasteiger partial charge in [0, 0.05) is 109 Å². The molecule has 4 amide bonds. The number of carboxylic acids is 1. The number of rotatable bonds is 40. The Bertz CT molecular complexity index is 2430. The Balaban J connectivity index is -0.000000187. The third-order valence-electron chi connectivity index (χ3n) is 14.6. The maximum absolute atomic E-state index is 12.6. The molecule has 0 aliphatic carbocycles. The van der Waals surface area contributed by atoms with Gasteiger partial charge < -0.3 is 131 Å². The number of ketones is 1. The summed E-state index contributed by atoms with van der Waals surface area (Å²) >= 11 is 1.29. The number of aliphatic hydroxyl groups is 1. The van der Waals surface area contributed by atoms with Gasteiger partial charge in [0.1, 0.15) is 6.04 Å². The van der Waals surface area contributed by atoms with Crippen molar-refractivity contribution in [3.63, 3.8) is 0 Å². The minimum Gasteiger partial charge on any atom is -0.481 e. The summed E-state index contributed by atoms with van der Waals surface area (Å²) in [5.41, 5.74) is -0.382. The molecule has 0 heterocycles. The third-order valence-corrected chi connectivity index (χ3v) is 15.5. The van der Waals surface area contributed by atoms with E-state index in [4.69, 9.17) is 36.4 Å². The number of carboxylic acid groups (broad SMARTS) is 1. The number of oxime groups is 5. The Hall–Kier alpha value is -3.92. The third kappa shape index (κ3) is 63.4. The van der Waals surface area contributed by atoms with Crippen molar-refractivity contribution in [1.82, 2.24) is 58.1 Å². The normalized spacial score (nSPS) is 13.6. The summed E-state index contributed by atoms with van der Waals surface area (Å²) in [6, 6.07) is -2.28. The molecule has 31 nitrogen and oxygen atoms in total. The zero-order valence-corrected chi connectivity index (χ0v) is 73.5. The van der Waals surface area contributed by atoms with Crippen molar-refractivity contribution in [2.45, 2.75) is 250 Å². The summed E-state index contributed by atoms with van der Waals surface area (Å²) in [7, 11) is 3.41. The maximum atomic E-state index is 12.6. The first kappa shape index (κ1) is 114. The summed E-state index contributed by atoms with van der Waals surface area (Å²) in [5.74, 6) is -0.857. The van der Waals surface area contributed by atoms with Crippen LogP contribution in [-0.4, -0.2) is 246 Å². The van der Waals surface area contributed by atoms with Gasteiger partial charge >= 0.3 is 5.97 Å². The van der Waals surface area contributed by atoms with Gasteiger partial charge in [-0.05, 0) is 144 Å². The molecule has 0 bridgehead atoms. The zero-order valence-electron chi connectivity index (χ0n) is 67.0. The Labute approximate surface area is 667 Å². The number of amides is 4. The SMILES string of the molecule is C/C(=N\O)C(C)(C)NCC(CNC(C)(C)/C(C)=N/O)NC(=O)CCCC(=O)O.C/C(=N\O)C(C)(C)NCCCNC(C)(C)[C-]=NO.C/C(=N\O)C(C)(C)NC[CH-]CNC(C)(C)/C(C)=N/O.CC(=O)NCSC[C@H](NC(=O)[C@H](CO)NC(=O)CN(C)C)C(=O)C(C)(C)C.[CH2-]C(C)C.[CH2-]C(C)C.[Y].[Y]. The van der Waals surface area contributed by atoms with Crippen molar-refractivity contribution < 1.29 is 136 Å². The van der Waals surface area contributed by atoms with E-state index in [1.165, 1.54) is 18.7 Å². The van der Waals surface area contributed by atoms with Crippen LogP contribution in [0.25, 0.3) is 0 Å². The van der Waals surface area contributed by atoms with E-state index in [9.17, 15) is 33.9 Å². The van der Waals surface area contributed by atoms with Gasteiger partial charge in [-0.1, -0.05) is 93.6 Å². The van der Waals surface area contributed by atoms with E-state index in [2.05, 4.69) is 132 Å². The minimum atomic E-state index is -1.15. The fourth-order valence-electron chi connectivity index (χ4n) is 6.71. The van der Waals surface area contributed by atoms with Crippen molar-refractivity contribution in [2.75, 3.05) is 78.1 Å². The molecule has 34 heteroatoms. The number of aliphatic hydroxyl groups excluding tert-OH is 1. The predicted octanol–water partition coefficient (Wildman–Crippen LogP) is 5.99. The number of nitrogens with one attached hydrogen (secondary N) is 10. The largest absolute Gasteiger partial charge is 0.481 e. The molecule has 102 heavy (non-hydrogen) atoms. The summed E-state index contributed by atoms with van der Waals surface area (Å²) < 4.78 is 0. The van der Waals surface area contributed by atoms with Gasteiger partial charge in [-0.3, -0.25) is 28.8 Å². The number of carbonyl (C=O) groups excluding carboxylic acids is 5. The number of aliphatic carboxylic acids is 1. The first-order valence-electron chi connectivity index (χ1n) is 33.4. The van der Waals surface area contributed by atoms with Crippen LogP contribution in [0.4, 0.5) is 0 Å². The van der Waals surface area contributed by atoms with Crippen LogP contribution < -0.4 is 53.2 Å². The second kappa shape index (κ2) is 60.1. The summed E-state index contributed by atoms with van der Waals surface area (Å²) in [6.45, 7) is 56.9. The van der Waals surface area contributed by atoms with Crippen LogP contribution in [0.15, 0.2) is 30.9 Å². The van der Waals surface area contributed by atoms with E-state index in [0.717, 1.165) is 19.5 Å². The van der Waals surface area contributed by atoms with Crippen molar-refractivity contribution in [3.05, 3.63) is 20.3 Å². The van der Waals surface area contributed by atoms with Gasteiger partial charge in [0.05, 0.1) is 87.4 Å². The van der Waals surface area contributed by atoms with E-state index in [1.54, 1.807) is 74.4 Å². The molecule has 2 radical (unpaired) electrons. The number of thioether (sulfide) groups is 1. The second-order valence-corrected chi connectivity index (χ2v) is 30.2. The van der Waals surface area contributed by atoms with Crippen LogP contribution in [0.3, 0.4) is 0 Å². The molecule has 594 valence electrons. The van der Waals surface area contributed by atoms with E-state index in [0.29, 0.717) is 72.5 Å². The fourth-order valence-corrected chi connectivity index (χ4v) is 7.60. The Morgan fingerprint density at radius 1 is 0.529 bits per heavy atom. The van der Waals surface area contributed by atoms with Crippen LogP contribution in [0.2, 0.25) is 0 Å². The molecule has 0 fully saturated rings. The molecular formula is C68H137N17O14SY2-4. The zero-order chi connectivity index (χ0) is 79.6. The Kier molecular flexibility index (Phi) is 67.2. The molecule has 2 atom stereocenters. The average molecular weight is 1630 g/mol. The molecule has 0 aromatic rings. The summed E-state index contributed by atoms with van der Waals surface area (Å²) in [5, 5.41) is 120. The minimum absolute atomic E-state index is 0. The van der Waals surface area contributed by atoms with E-state index < -0.39 is 58.5 Å². The van der Waals surface area contributed by atoms with Gasteiger partial charge in [-0.15, -0.1) is 24.9 Å². The molecule has 0 aromatic carbocycles. The van der Waals surface area contributed by atoms with Gasteiger partial charge in [-0.25, -0.2) is 0 Å². The molecule has 0 spiro atoms. The standard InChI is InChI=1S/C18H35N5O5.C17H32N4O5S.C13H27N4O2.C12H25N4O2.2C4H9.2Y/c1-12(22-27)17(3,4)19-10-14(11-20-18(5,6)13(2)23-28)21-15(24)8-7-9-16(25)26;1-11(23)18-10-27-9-13(15(25)17(2,3)4)20-16(26)12(8-22)19-14(24)7-21(5)6;1-10(16-18)12(3,4)14-8-7-9-15-13(5,6)11(2)17-19;1-10(16-18)12(4,5)14-8-6-7-13-11(2,3)9-15-17;2*1-4(2)3;;/h14,19-20,27-28H,7-11H2,1-6H3,(H,21,24)(H,25,26);12-13,22H,7-10H2,1-6H3,(H,18,23)(H,19,24)(H,20,26);7,14-15,18-19H,8-9H2,1-6H3;13-14,17-18H,6-8H2,1-5H3;2*4H,1H2,2-3H3;;/q;;4*-1;;/b22-12+,23-13+;;16-10+,17-11+;16-10+;;;;/t;12-,13-;;;;;;/m.0....../s1. The van der Waals surface area contributed by atoms with Crippen molar-refractivity contribution >= 4 is 81.9 Å². The number of Topliss-reactive ketones (excluding diaryl/α,β-unsaturated/α-hetero) is 1. The van der Waals surface area contributed by atoms with Gasteiger partial charge in [0.2, 0.25) is 23.6 Å². The first-order valence-corrected chi connectivity index (χ1v) is 34.6. The second-order valence-electron chi connectivity index (χ2n) is 29.2. The van der Waals surface area contributed by atoms with Gasteiger partial charge in [0.15, 0.2) is 5.78 Å². The van der Waals surface area contributed by atoms with E-state index >= 15 is 0 Å². The molecule has 0 saturated carbocycles. The number of hydrogen-bond acceptors (Lipinski definition) is 27. The monoisotopic (exact) mass is 1630 g/mol. The van der Waals surface area contributed by atoms with E-state index in [-0.39, 0.29) is 137 Å². The Morgan fingerprint density at radius 2 is 0.902 bits per heavy atom. The quantitative estimate of drug-likeness (QED) is 0.00836. The van der Waals surface area contributed by atoms with Crippen LogP contribution >= 0.6 is 11.8 Å². The Morgan fingerprint density at radius 3 is 1.24 bits per heavy atom. The smallest absolute Gasteiger partial charge is 0.303 e. The number of nitrogens with zero attached hydrogens (tertiary/aromatic N) is 7. The molecule has 0 rings (SSSR count). The molecule has 0 aromatic heterocycles. The molecule has 0 aliphatic rings. The van der Waals surface area contributed by atoms with Crippen LogP contribution in [0.5, 0.6) is 0 Å². The molecule has 0 saturated heterocycles. The summed E-state index contributed by atoms with van der Waals surface area (Å²) in [4.78, 5) is 72.2. The average Bonchev–Trinajstić information content (AvgIpc) is 0.866. The fraction of sp³-hybridized carbons (Fsp3) is 0.779. The van der Waals surface area contributed by atoms with E-state index in [1.807, 2.05) is 89.5 Å². The van der Waals surface area contributed by atoms with Crippen LogP contribution in [0.1, 0.15) is 199 Å². The first-order chi connectivity index (χ1) is 45.6. The van der Waals surface area contributed by atoms with Gasteiger partial charge in [0.25, 0.3) is 0 Å². The van der Waals surface area contributed by atoms with Crippen LogP contribution in [-0.2, 0) is 94.2 Å². The molecule has 0 aliphatic heterocycles. The maximum Gasteiger partial charge on any atom is 0.303 e. The molecular weight excluding hydrogens is 1490 g/mol. The van der Waals surface area contributed by atoms with Crippen molar-refractivity contribution in [3.8, 4) is 0 Å². The van der Waals surface area contributed by atoms with Gasteiger partial charge in [-0.2, -0.15) is 11.8 Å². The van der Waals surface area contributed by atoms with Crippen molar-refractivity contribution in [1.29, 1.82) is 0 Å². The predicted molar refractivity (Wildman–Crippen MR) is 404 cm³/mol. The van der Waals surface area contributed by atoms with Crippen molar-refractivity contribution in [2.24, 2.45) is 48.2 Å². The van der Waals surface area contributed by atoms with Crippen LogP contribution in [0, 0.1) is 37.5 Å². The number of hydrogen-bond donors (Lipinski definition) is 18. The topological polar surface area (TPSA) is 462 Å². The number of likely N-dealkylation sites (N-methyl/N-ethyl adjacent to an activating group) is 1. The summed E-state index contributed by atoms with van der Waals surface area (Å²) in [6.07, 6.45) is 5.81. The number of carbonyl (C=O) groups is 6. The molecule has 18 N–H and O–H groups in total.